The number of aryl methyl sites for hydroxylation is 1. The van der Waals surface area contributed by atoms with E-state index in [1.165, 1.54) is 57.3 Å². The number of piperidine rings is 1. The Balaban J connectivity index is 1.31. The number of aromatic nitrogens is 2. The summed E-state index contributed by atoms with van der Waals surface area (Å²) < 4.78 is 2.21. The molecule has 0 unspecified atom stereocenters. The molecule has 0 radical (unpaired) electrons. The maximum absolute atomic E-state index is 12.7. The first-order valence-electron chi connectivity index (χ1n) is 11.3. The number of ketones is 1. The first-order chi connectivity index (χ1) is 13.0. The van der Waals surface area contributed by atoms with Crippen LogP contribution in [0, 0.1) is 16.7 Å². The van der Waals surface area contributed by atoms with Gasteiger partial charge in [-0.2, -0.15) is 5.10 Å². The van der Waals surface area contributed by atoms with E-state index >= 15 is 0 Å². The Bertz CT molecular complexity index is 644. The summed E-state index contributed by atoms with van der Waals surface area (Å²) in [5, 5.41) is 4.59. The second-order valence-corrected chi connectivity index (χ2v) is 9.99. The Morgan fingerprint density at radius 2 is 1.78 bits per heavy atom. The third-order valence-corrected chi connectivity index (χ3v) is 8.00. The van der Waals surface area contributed by atoms with Crippen molar-refractivity contribution in [3.05, 3.63) is 18.0 Å². The molecular weight excluding hydrogens is 334 g/mol. The third-order valence-electron chi connectivity index (χ3n) is 8.00. The van der Waals surface area contributed by atoms with Crippen LogP contribution in [0.3, 0.4) is 0 Å². The van der Waals surface area contributed by atoms with Crippen LogP contribution in [0.4, 0.5) is 0 Å². The summed E-state index contributed by atoms with van der Waals surface area (Å²) in [6.45, 7) is 10.0. The Kier molecular flexibility index (Phi) is 5.22. The number of fused-ring (bicyclic) bond motifs is 3. The highest BCUT2D eigenvalue weighted by molar-refractivity contribution is 5.86. The summed E-state index contributed by atoms with van der Waals surface area (Å²) in [6, 6.07) is 0.577. The molecule has 1 aliphatic heterocycles. The lowest BCUT2D eigenvalue weighted by molar-refractivity contribution is -0.142. The van der Waals surface area contributed by atoms with Crippen LogP contribution in [-0.4, -0.2) is 40.1 Å². The van der Waals surface area contributed by atoms with Crippen molar-refractivity contribution in [3.63, 3.8) is 0 Å². The maximum atomic E-state index is 12.7. The molecular formula is C23H37N3O. The fourth-order valence-corrected chi connectivity index (χ4v) is 6.06. The summed E-state index contributed by atoms with van der Waals surface area (Å²) in [6.07, 6.45) is 15.0. The summed E-state index contributed by atoms with van der Waals surface area (Å²) in [7, 11) is 0. The Labute approximate surface area is 164 Å². The van der Waals surface area contributed by atoms with Gasteiger partial charge in [0.05, 0.1) is 12.2 Å². The number of hydrogen-bond acceptors (Lipinski definition) is 3. The second kappa shape index (κ2) is 7.35. The highest BCUT2D eigenvalue weighted by Crippen LogP contribution is 2.58. The topological polar surface area (TPSA) is 38.1 Å². The van der Waals surface area contributed by atoms with Gasteiger partial charge in [-0.05, 0) is 68.8 Å². The van der Waals surface area contributed by atoms with Crippen molar-refractivity contribution in [1.82, 2.24) is 14.7 Å². The molecule has 1 aromatic rings. The molecule has 0 N–H and O–H groups in total. The summed E-state index contributed by atoms with van der Waals surface area (Å²) in [4.78, 5) is 15.5. The number of likely N-dealkylation sites (tertiary alicyclic amines) is 1. The largest absolute Gasteiger partial charge is 0.303 e. The fraction of sp³-hybridized carbons (Fsp3) is 0.826. The minimum absolute atomic E-state index is 0.0417. The molecule has 0 amide bonds. The van der Waals surface area contributed by atoms with Gasteiger partial charge in [-0.15, -0.1) is 0 Å². The molecule has 0 aromatic carbocycles. The van der Waals surface area contributed by atoms with Gasteiger partial charge in [0.15, 0.2) is 0 Å². The highest BCUT2D eigenvalue weighted by atomic mass is 16.1. The van der Waals surface area contributed by atoms with Gasteiger partial charge < -0.3 is 4.90 Å². The molecule has 3 aliphatic carbocycles. The van der Waals surface area contributed by atoms with Crippen LogP contribution >= 0.6 is 0 Å². The zero-order valence-electron chi connectivity index (χ0n) is 17.5. The number of rotatable bonds is 6. The van der Waals surface area contributed by atoms with Crippen molar-refractivity contribution in [2.75, 3.05) is 19.6 Å². The van der Waals surface area contributed by atoms with Crippen LogP contribution < -0.4 is 0 Å². The van der Waals surface area contributed by atoms with Gasteiger partial charge in [0.1, 0.15) is 5.78 Å². The normalized spacial score (nSPS) is 32.3. The lowest BCUT2D eigenvalue weighted by Crippen LogP contribution is -2.52. The Morgan fingerprint density at radius 3 is 2.30 bits per heavy atom. The molecule has 3 saturated carbocycles. The number of carbonyl (C=O) groups excluding carboxylic acids is 1. The zero-order valence-corrected chi connectivity index (χ0v) is 17.5. The lowest BCUT2D eigenvalue weighted by Gasteiger charge is -2.55. The average Bonchev–Trinajstić information content (AvgIpc) is 3.18. The van der Waals surface area contributed by atoms with Crippen LogP contribution in [0.1, 0.15) is 83.7 Å². The summed E-state index contributed by atoms with van der Waals surface area (Å²) in [5.41, 5.74) is 1.88. The summed E-state index contributed by atoms with van der Waals surface area (Å²) in [5.74, 6) is 0.743. The van der Waals surface area contributed by atoms with Crippen molar-refractivity contribution in [3.8, 4) is 0 Å². The highest BCUT2D eigenvalue weighted by Gasteiger charge is 2.52. The van der Waals surface area contributed by atoms with E-state index in [2.05, 4.69) is 41.6 Å². The molecule has 4 nitrogen and oxygen atoms in total. The van der Waals surface area contributed by atoms with E-state index in [1.807, 2.05) is 6.20 Å². The van der Waals surface area contributed by atoms with Crippen LogP contribution in [-0.2, 0) is 11.2 Å². The second-order valence-electron chi connectivity index (χ2n) is 9.99. The minimum Gasteiger partial charge on any atom is -0.303 e. The molecule has 0 atom stereocenters. The predicted octanol–water partition coefficient (Wildman–Crippen LogP) is 4.65. The average molecular weight is 372 g/mol. The fourth-order valence-electron chi connectivity index (χ4n) is 6.06. The quantitative estimate of drug-likeness (QED) is 0.731. The predicted molar refractivity (Wildman–Crippen MR) is 109 cm³/mol. The van der Waals surface area contributed by atoms with E-state index in [-0.39, 0.29) is 11.3 Å². The maximum Gasteiger partial charge on any atom is 0.141 e. The number of Topliss-reactive ketones (excluding diaryl/α,β-unsaturated/α-hetero) is 1. The Hall–Kier alpha value is -1.16. The molecule has 2 heterocycles. The van der Waals surface area contributed by atoms with E-state index in [4.69, 9.17) is 0 Å². The van der Waals surface area contributed by atoms with Gasteiger partial charge in [0.2, 0.25) is 0 Å². The van der Waals surface area contributed by atoms with Crippen molar-refractivity contribution in [1.29, 1.82) is 0 Å². The SMILES string of the molecule is CCc1cnn(C2CCN(CC34CCC(C(=O)C(C)C)(CC3)CC4)CC2)c1. The van der Waals surface area contributed by atoms with E-state index in [9.17, 15) is 4.79 Å². The van der Waals surface area contributed by atoms with Crippen LogP contribution in [0.2, 0.25) is 0 Å². The van der Waals surface area contributed by atoms with Gasteiger partial charge in [0, 0.05) is 37.2 Å². The number of nitrogens with zero attached hydrogens (tertiary/aromatic N) is 3. The molecule has 1 aromatic heterocycles. The molecule has 1 saturated heterocycles. The van der Waals surface area contributed by atoms with Gasteiger partial charge in [-0.3, -0.25) is 9.48 Å². The zero-order chi connectivity index (χ0) is 19.1. The van der Waals surface area contributed by atoms with Crippen molar-refractivity contribution in [2.45, 2.75) is 84.6 Å². The van der Waals surface area contributed by atoms with Crippen LogP contribution in [0.15, 0.2) is 12.4 Å². The first-order valence-corrected chi connectivity index (χ1v) is 11.3. The van der Waals surface area contributed by atoms with Crippen molar-refractivity contribution >= 4 is 5.78 Å². The molecule has 4 fully saturated rings. The van der Waals surface area contributed by atoms with Gasteiger partial charge >= 0.3 is 0 Å². The monoisotopic (exact) mass is 371 g/mol. The molecule has 0 spiro atoms. The smallest absolute Gasteiger partial charge is 0.141 e. The van der Waals surface area contributed by atoms with Crippen molar-refractivity contribution in [2.24, 2.45) is 16.7 Å². The number of carbonyl (C=O) groups is 1. The van der Waals surface area contributed by atoms with E-state index in [1.54, 1.807) is 0 Å². The van der Waals surface area contributed by atoms with Crippen LogP contribution in [0.25, 0.3) is 0 Å². The van der Waals surface area contributed by atoms with E-state index in [0.717, 1.165) is 25.7 Å². The number of hydrogen-bond donors (Lipinski definition) is 0. The minimum atomic E-state index is 0.0417. The van der Waals surface area contributed by atoms with Gasteiger partial charge in [-0.25, -0.2) is 0 Å². The summed E-state index contributed by atoms with van der Waals surface area (Å²) >= 11 is 0. The van der Waals surface area contributed by atoms with Crippen molar-refractivity contribution < 1.29 is 4.79 Å². The standard InChI is InChI=1S/C23H37N3O/c1-4-19-15-24-26(16-19)20-5-13-25(14-6-20)17-22-7-10-23(11-8-22,12-9-22)21(27)18(2)3/h15-16,18,20H,4-14,17H2,1-3H3. The van der Waals surface area contributed by atoms with E-state index < -0.39 is 0 Å². The Morgan fingerprint density at radius 1 is 1.15 bits per heavy atom. The van der Waals surface area contributed by atoms with Gasteiger partial charge in [0.25, 0.3) is 0 Å². The third kappa shape index (κ3) is 3.62. The van der Waals surface area contributed by atoms with Gasteiger partial charge in [-0.1, -0.05) is 20.8 Å². The van der Waals surface area contributed by atoms with E-state index in [0.29, 0.717) is 17.2 Å². The molecule has 2 bridgehead atoms. The molecule has 4 heteroatoms. The lowest BCUT2D eigenvalue weighted by atomic mass is 9.51. The molecule has 150 valence electrons. The molecule has 5 rings (SSSR count). The molecule has 4 aliphatic rings. The molecule has 27 heavy (non-hydrogen) atoms. The van der Waals surface area contributed by atoms with Crippen LogP contribution in [0.5, 0.6) is 0 Å². The first kappa shape index (κ1) is 19.2.